The maximum Gasteiger partial charge on any atom is 0.509 e. The molecule has 0 aromatic carbocycles. The first-order chi connectivity index (χ1) is 7.85. The molecular formula is C13H24O5. The van der Waals surface area contributed by atoms with Gasteiger partial charge in [-0.1, -0.05) is 0 Å². The van der Waals surface area contributed by atoms with Gasteiger partial charge in [-0.15, -0.1) is 0 Å². The van der Waals surface area contributed by atoms with Crippen molar-refractivity contribution in [1.29, 1.82) is 0 Å². The van der Waals surface area contributed by atoms with Gasteiger partial charge in [0.15, 0.2) is 11.4 Å². The number of ketones is 1. The molecule has 0 aliphatic heterocycles. The molecule has 0 amide bonds. The molecule has 0 aromatic heterocycles. The van der Waals surface area contributed by atoms with Crippen molar-refractivity contribution in [2.75, 3.05) is 7.11 Å². The number of hydrogen-bond donors (Lipinski definition) is 0. The van der Waals surface area contributed by atoms with Crippen LogP contribution in [0.4, 0.5) is 4.79 Å². The highest BCUT2D eigenvalue weighted by atomic mass is 16.7. The summed E-state index contributed by atoms with van der Waals surface area (Å²) in [7, 11) is 1.54. The van der Waals surface area contributed by atoms with Crippen LogP contribution in [0.1, 0.15) is 48.5 Å². The van der Waals surface area contributed by atoms with Gasteiger partial charge in [-0.2, -0.15) is 0 Å². The van der Waals surface area contributed by atoms with E-state index in [4.69, 9.17) is 14.2 Å². The van der Waals surface area contributed by atoms with Crippen LogP contribution >= 0.6 is 0 Å². The normalized spacial score (nSPS) is 13.1. The standard InChI is InChI=1S/C13H24O5/c1-9(14)11(2,3)17-10(15)18-13(6,7)12(4,5)16-8/h1-8H3. The van der Waals surface area contributed by atoms with E-state index < -0.39 is 23.0 Å². The summed E-state index contributed by atoms with van der Waals surface area (Å²) in [5, 5.41) is 0. The molecule has 0 aliphatic carbocycles. The van der Waals surface area contributed by atoms with Crippen molar-refractivity contribution in [3.05, 3.63) is 0 Å². The molecule has 0 aliphatic rings. The zero-order valence-corrected chi connectivity index (χ0v) is 12.5. The predicted molar refractivity (Wildman–Crippen MR) is 67.5 cm³/mol. The van der Waals surface area contributed by atoms with E-state index in [2.05, 4.69) is 0 Å². The quantitative estimate of drug-likeness (QED) is 0.711. The lowest BCUT2D eigenvalue weighted by Crippen LogP contribution is -2.51. The van der Waals surface area contributed by atoms with Crippen LogP contribution in [0.25, 0.3) is 0 Å². The van der Waals surface area contributed by atoms with Crippen molar-refractivity contribution in [1.82, 2.24) is 0 Å². The van der Waals surface area contributed by atoms with Crippen LogP contribution in [-0.2, 0) is 19.0 Å². The summed E-state index contributed by atoms with van der Waals surface area (Å²) >= 11 is 0. The highest BCUT2D eigenvalue weighted by Gasteiger charge is 2.42. The second-order valence-electron chi connectivity index (χ2n) is 5.75. The first kappa shape index (κ1) is 16.9. The molecule has 0 atom stereocenters. The third-order valence-corrected chi connectivity index (χ3v) is 3.49. The maximum absolute atomic E-state index is 11.7. The number of Topliss-reactive ketones (excluding diaryl/α,β-unsaturated/α-hetero) is 1. The second kappa shape index (κ2) is 5.26. The molecule has 0 aromatic rings. The lowest BCUT2D eigenvalue weighted by molar-refractivity contribution is -0.159. The lowest BCUT2D eigenvalue weighted by atomic mass is 9.89. The fraction of sp³-hybridized carbons (Fsp3) is 0.846. The van der Waals surface area contributed by atoms with Crippen molar-refractivity contribution in [2.24, 2.45) is 0 Å². The molecule has 0 spiro atoms. The monoisotopic (exact) mass is 260 g/mol. The van der Waals surface area contributed by atoms with E-state index in [1.165, 1.54) is 27.9 Å². The SMILES string of the molecule is COC(C)(C)C(C)(C)OC(=O)OC(C)(C)C(C)=O. The largest absolute Gasteiger partial charge is 0.509 e. The Kier molecular flexibility index (Phi) is 4.94. The van der Waals surface area contributed by atoms with Gasteiger partial charge in [-0.3, -0.25) is 4.79 Å². The minimum atomic E-state index is -1.19. The topological polar surface area (TPSA) is 61.8 Å². The van der Waals surface area contributed by atoms with Crippen LogP contribution in [0, 0.1) is 0 Å². The average molecular weight is 260 g/mol. The molecule has 0 fully saturated rings. The fourth-order valence-corrected chi connectivity index (χ4v) is 0.878. The Balaban J connectivity index is 4.74. The summed E-state index contributed by atoms with van der Waals surface area (Å²) in [6.45, 7) is 11.4. The molecule has 5 nitrogen and oxygen atoms in total. The van der Waals surface area contributed by atoms with Crippen LogP contribution < -0.4 is 0 Å². The van der Waals surface area contributed by atoms with E-state index in [1.54, 1.807) is 27.7 Å². The highest BCUT2D eigenvalue weighted by molar-refractivity contribution is 5.85. The number of ether oxygens (including phenoxy) is 3. The third kappa shape index (κ3) is 3.98. The molecule has 0 bridgehead atoms. The highest BCUT2D eigenvalue weighted by Crippen LogP contribution is 2.29. The van der Waals surface area contributed by atoms with E-state index in [0.717, 1.165) is 0 Å². The summed E-state index contributed by atoms with van der Waals surface area (Å²) in [5.41, 5.74) is -2.75. The zero-order chi connectivity index (χ0) is 14.8. The summed E-state index contributed by atoms with van der Waals surface area (Å²) in [4.78, 5) is 23.0. The van der Waals surface area contributed by atoms with Crippen molar-refractivity contribution in [2.45, 2.75) is 65.3 Å². The first-order valence-electron chi connectivity index (χ1n) is 5.84. The van der Waals surface area contributed by atoms with Gasteiger partial charge in [0.2, 0.25) is 0 Å². The smallest absolute Gasteiger partial charge is 0.425 e. The van der Waals surface area contributed by atoms with E-state index in [1.807, 2.05) is 0 Å². The Hall–Kier alpha value is -1.10. The Morgan fingerprint density at radius 1 is 0.833 bits per heavy atom. The summed E-state index contributed by atoms with van der Waals surface area (Å²) in [6, 6.07) is 0. The molecular weight excluding hydrogens is 236 g/mol. The summed E-state index contributed by atoms with van der Waals surface area (Å²) in [5.74, 6) is -0.247. The molecule has 0 N–H and O–H groups in total. The van der Waals surface area contributed by atoms with E-state index in [0.29, 0.717) is 0 Å². The van der Waals surface area contributed by atoms with Crippen molar-refractivity contribution < 1.29 is 23.8 Å². The Labute approximate surface area is 109 Å². The van der Waals surface area contributed by atoms with Gasteiger partial charge in [-0.05, 0) is 48.5 Å². The van der Waals surface area contributed by atoms with Crippen LogP contribution in [0.3, 0.4) is 0 Å². The van der Waals surface area contributed by atoms with Gasteiger partial charge in [0.1, 0.15) is 11.2 Å². The van der Waals surface area contributed by atoms with Crippen LogP contribution in [0.5, 0.6) is 0 Å². The zero-order valence-electron chi connectivity index (χ0n) is 12.5. The number of methoxy groups -OCH3 is 1. The van der Waals surface area contributed by atoms with Gasteiger partial charge in [0, 0.05) is 7.11 Å². The summed E-state index contributed by atoms with van der Waals surface area (Å²) < 4.78 is 15.5. The molecule has 106 valence electrons. The van der Waals surface area contributed by atoms with Crippen molar-refractivity contribution in [3.8, 4) is 0 Å². The van der Waals surface area contributed by atoms with Crippen LogP contribution in [0.2, 0.25) is 0 Å². The lowest BCUT2D eigenvalue weighted by Gasteiger charge is -2.39. The predicted octanol–water partition coefficient (Wildman–Crippen LogP) is 2.71. The van der Waals surface area contributed by atoms with Gasteiger partial charge >= 0.3 is 6.16 Å². The van der Waals surface area contributed by atoms with Crippen molar-refractivity contribution >= 4 is 11.9 Å². The number of rotatable bonds is 5. The maximum atomic E-state index is 11.7. The number of carbonyl (C=O) groups is 2. The molecule has 0 radical (unpaired) electrons. The third-order valence-electron chi connectivity index (χ3n) is 3.49. The Morgan fingerprint density at radius 2 is 1.28 bits per heavy atom. The molecule has 0 unspecified atom stereocenters. The van der Waals surface area contributed by atoms with Crippen LogP contribution in [-0.4, -0.2) is 35.9 Å². The van der Waals surface area contributed by atoms with Gasteiger partial charge in [0.05, 0.1) is 0 Å². The number of carbonyl (C=O) groups excluding carboxylic acids is 2. The summed E-state index contributed by atoms with van der Waals surface area (Å²) in [6.07, 6.45) is -0.884. The van der Waals surface area contributed by atoms with E-state index >= 15 is 0 Å². The second-order valence-corrected chi connectivity index (χ2v) is 5.75. The number of hydrogen-bond acceptors (Lipinski definition) is 5. The van der Waals surface area contributed by atoms with Crippen molar-refractivity contribution in [3.63, 3.8) is 0 Å². The van der Waals surface area contributed by atoms with Gasteiger partial charge < -0.3 is 14.2 Å². The molecule has 0 saturated heterocycles. The van der Waals surface area contributed by atoms with E-state index in [9.17, 15) is 9.59 Å². The molecule has 0 rings (SSSR count). The molecule has 5 heteroatoms. The van der Waals surface area contributed by atoms with Gasteiger partial charge in [-0.25, -0.2) is 4.79 Å². The molecule has 0 saturated carbocycles. The minimum absolute atomic E-state index is 0.247. The molecule has 18 heavy (non-hydrogen) atoms. The molecule has 0 heterocycles. The fourth-order valence-electron chi connectivity index (χ4n) is 0.878. The Morgan fingerprint density at radius 3 is 1.61 bits per heavy atom. The van der Waals surface area contributed by atoms with Crippen LogP contribution in [0.15, 0.2) is 0 Å². The first-order valence-corrected chi connectivity index (χ1v) is 5.84. The average Bonchev–Trinajstić information content (AvgIpc) is 2.14. The Bertz CT molecular complexity index is 328. The minimum Gasteiger partial charge on any atom is -0.425 e. The van der Waals surface area contributed by atoms with E-state index in [-0.39, 0.29) is 5.78 Å². The van der Waals surface area contributed by atoms with Gasteiger partial charge in [0.25, 0.3) is 0 Å².